The molecule has 0 unspecified atom stereocenters. The molecule has 0 bridgehead atoms. The van der Waals surface area contributed by atoms with Crippen LogP contribution >= 0.6 is 0 Å². The van der Waals surface area contributed by atoms with Gasteiger partial charge in [-0.3, -0.25) is 4.79 Å². The summed E-state index contributed by atoms with van der Waals surface area (Å²) in [5.74, 6) is 0.834. The van der Waals surface area contributed by atoms with Crippen LogP contribution in [0.15, 0.2) is 54.7 Å². The number of hydrogen-bond donors (Lipinski definition) is 3. The van der Waals surface area contributed by atoms with Gasteiger partial charge >= 0.3 is 0 Å². The highest BCUT2D eigenvalue weighted by Gasteiger charge is 2.27. The van der Waals surface area contributed by atoms with Crippen molar-refractivity contribution in [1.29, 1.82) is 0 Å². The highest BCUT2D eigenvalue weighted by atomic mass is 16.3. The van der Waals surface area contributed by atoms with E-state index in [1.807, 2.05) is 86.9 Å². The molecule has 1 amide bonds. The predicted octanol–water partition coefficient (Wildman–Crippen LogP) is 3.84. The number of aliphatic hydroxyl groups excluding tert-OH is 2. The van der Waals surface area contributed by atoms with Crippen LogP contribution in [0, 0.1) is 13.8 Å². The average Bonchev–Trinajstić information content (AvgIpc) is 3.67. The maximum atomic E-state index is 13.3. The first-order valence-corrected chi connectivity index (χ1v) is 13.2. The van der Waals surface area contributed by atoms with Crippen molar-refractivity contribution in [2.45, 2.75) is 53.1 Å². The number of aromatic nitrogens is 4. The lowest BCUT2D eigenvalue weighted by atomic mass is 10.1. The summed E-state index contributed by atoms with van der Waals surface area (Å²) in [6, 6.07) is 16.1. The normalized spacial score (nSPS) is 14.5. The van der Waals surface area contributed by atoms with Crippen molar-refractivity contribution in [2.75, 3.05) is 31.7 Å². The van der Waals surface area contributed by atoms with E-state index in [9.17, 15) is 9.90 Å². The number of hydrogen-bond acceptors (Lipinski definition) is 6. The molecule has 0 radical (unpaired) electrons. The van der Waals surface area contributed by atoms with E-state index in [1.54, 1.807) is 0 Å². The molecule has 9 nitrogen and oxygen atoms in total. The van der Waals surface area contributed by atoms with E-state index in [0.29, 0.717) is 25.1 Å². The number of aliphatic hydroxyl groups is 2. The van der Waals surface area contributed by atoms with Crippen molar-refractivity contribution in [3.63, 3.8) is 0 Å². The van der Waals surface area contributed by atoms with E-state index >= 15 is 0 Å². The summed E-state index contributed by atoms with van der Waals surface area (Å²) in [4.78, 5) is 19.8. The number of carbonyl (C=O) groups excluding carboxylic acids is 1. The fraction of sp³-hybridized carbons (Fsp3) is 0.414. The minimum atomic E-state index is -0.0573. The van der Waals surface area contributed by atoms with Gasteiger partial charge in [-0.15, -0.1) is 5.10 Å². The zero-order valence-corrected chi connectivity index (χ0v) is 23.1. The second kappa shape index (κ2) is 13.7. The van der Waals surface area contributed by atoms with Gasteiger partial charge in [-0.05, 0) is 50.5 Å². The van der Waals surface area contributed by atoms with Crippen molar-refractivity contribution in [3.05, 3.63) is 71.7 Å². The van der Waals surface area contributed by atoms with Gasteiger partial charge in [0.05, 0.1) is 17.5 Å². The molecule has 0 spiro atoms. The van der Waals surface area contributed by atoms with Crippen molar-refractivity contribution in [1.82, 2.24) is 24.5 Å². The number of benzene rings is 1. The van der Waals surface area contributed by atoms with Crippen LogP contribution in [-0.2, 0) is 6.54 Å². The smallest absolute Gasteiger partial charge is 0.253 e. The molecule has 1 fully saturated rings. The summed E-state index contributed by atoms with van der Waals surface area (Å²) < 4.78 is 3.98. The number of fused-ring (bicyclic) bond motifs is 1. The number of nitrogens with zero attached hydrogens (tertiary/aromatic N) is 5. The predicted molar refractivity (Wildman–Crippen MR) is 152 cm³/mol. The molecule has 4 heterocycles. The highest BCUT2D eigenvalue weighted by molar-refractivity contribution is 5.97. The third-order valence-electron chi connectivity index (χ3n) is 6.59. The molecule has 5 rings (SSSR count). The number of amides is 1. The zero-order valence-electron chi connectivity index (χ0n) is 23.1. The molecule has 1 saturated heterocycles. The maximum Gasteiger partial charge on any atom is 0.253 e. The van der Waals surface area contributed by atoms with Crippen LogP contribution in [-0.4, -0.2) is 68.1 Å². The lowest BCUT2D eigenvalue weighted by Crippen LogP contribution is -2.37. The number of rotatable bonds is 7. The van der Waals surface area contributed by atoms with Crippen molar-refractivity contribution >= 4 is 17.4 Å². The lowest BCUT2D eigenvalue weighted by Gasteiger charge is -2.18. The molecule has 204 valence electrons. The maximum absolute atomic E-state index is 13.3. The van der Waals surface area contributed by atoms with Crippen molar-refractivity contribution in [2.24, 2.45) is 0 Å². The SMILES string of the molecule is CC.CO.Cc1c(C(=O)N[C@H]2CCN(c3ccc4ncc(C)n4n3)C2)cc(-c2ccccc2)n1CCCO. The van der Waals surface area contributed by atoms with Gasteiger partial charge in [-0.2, -0.15) is 0 Å². The van der Waals surface area contributed by atoms with Gasteiger partial charge in [0.25, 0.3) is 5.91 Å². The Kier molecular flexibility index (Phi) is 10.4. The summed E-state index contributed by atoms with van der Waals surface area (Å²) in [5.41, 5.74) is 5.49. The van der Waals surface area contributed by atoms with Crippen LogP contribution in [0.3, 0.4) is 0 Å². The van der Waals surface area contributed by atoms with Gasteiger partial charge in [0.15, 0.2) is 5.65 Å². The van der Waals surface area contributed by atoms with E-state index < -0.39 is 0 Å². The Morgan fingerprint density at radius 3 is 2.55 bits per heavy atom. The summed E-state index contributed by atoms with van der Waals surface area (Å²) in [6.07, 6.45) is 3.32. The Morgan fingerprint density at radius 1 is 1.11 bits per heavy atom. The zero-order chi connectivity index (χ0) is 27.7. The van der Waals surface area contributed by atoms with Gasteiger partial charge in [0.1, 0.15) is 5.82 Å². The molecule has 9 heteroatoms. The minimum Gasteiger partial charge on any atom is -0.400 e. The molecule has 1 atom stereocenters. The molecule has 38 heavy (non-hydrogen) atoms. The Bertz CT molecular complexity index is 1310. The number of nitrogens with one attached hydrogen (secondary N) is 1. The van der Waals surface area contributed by atoms with Crippen LogP contribution in [0.25, 0.3) is 16.9 Å². The standard InChI is InChI=1S/C26H30N6O2.C2H6.CH4O/c1-18-16-27-24-9-10-25(29-32(18)24)30-13-11-21(17-30)28-26(34)22-15-23(20-7-4-3-5-8-20)31(19(22)2)12-6-14-33;2*1-2/h3-5,7-10,15-16,21,33H,6,11-14,17H2,1-2H3,(H,28,34);1-2H3;2H,1H3/t21-;;/m0../s1. The first-order valence-electron chi connectivity index (χ1n) is 13.2. The quantitative estimate of drug-likeness (QED) is 0.342. The molecule has 3 N–H and O–H groups in total. The van der Waals surface area contributed by atoms with Crippen LogP contribution < -0.4 is 10.2 Å². The number of imidazole rings is 1. The van der Waals surface area contributed by atoms with Crippen LogP contribution in [0.5, 0.6) is 0 Å². The summed E-state index contributed by atoms with van der Waals surface area (Å²) in [5, 5.41) is 24.3. The molecular weight excluding hydrogens is 480 g/mol. The van der Waals surface area contributed by atoms with E-state index in [1.165, 1.54) is 0 Å². The van der Waals surface area contributed by atoms with E-state index in [-0.39, 0.29) is 18.6 Å². The average molecular weight is 521 g/mol. The molecule has 4 aromatic rings. The molecule has 1 aliphatic rings. The fourth-order valence-electron chi connectivity index (χ4n) is 4.74. The topological polar surface area (TPSA) is 108 Å². The first kappa shape index (κ1) is 28.9. The van der Waals surface area contributed by atoms with Gasteiger partial charge in [0, 0.05) is 50.8 Å². The Balaban J connectivity index is 0.000000956. The van der Waals surface area contributed by atoms with Gasteiger partial charge in [-0.25, -0.2) is 9.50 Å². The summed E-state index contributed by atoms with van der Waals surface area (Å²) in [7, 11) is 1.00. The summed E-state index contributed by atoms with van der Waals surface area (Å²) in [6.45, 7) is 10.3. The Hall–Kier alpha value is -3.69. The van der Waals surface area contributed by atoms with E-state index in [0.717, 1.165) is 54.2 Å². The van der Waals surface area contributed by atoms with Crippen LogP contribution in [0.4, 0.5) is 5.82 Å². The third-order valence-corrected chi connectivity index (χ3v) is 6.59. The molecule has 1 aliphatic heterocycles. The third kappa shape index (κ3) is 6.23. The lowest BCUT2D eigenvalue weighted by molar-refractivity contribution is 0.0939. The van der Waals surface area contributed by atoms with Crippen LogP contribution in [0.1, 0.15) is 48.4 Å². The van der Waals surface area contributed by atoms with Crippen molar-refractivity contribution in [3.8, 4) is 11.3 Å². The Labute approximate surface area is 224 Å². The van der Waals surface area contributed by atoms with Gasteiger partial charge in [0.2, 0.25) is 0 Å². The number of aryl methyl sites for hydroxylation is 1. The molecular formula is C29H40N6O3. The molecule has 0 aliphatic carbocycles. The van der Waals surface area contributed by atoms with E-state index in [4.69, 9.17) is 10.2 Å². The fourth-order valence-corrected chi connectivity index (χ4v) is 4.74. The second-order valence-corrected chi connectivity index (χ2v) is 8.89. The summed E-state index contributed by atoms with van der Waals surface area (Å²) >= 11 is 0. The highest BCUT2D eigenvalue weighted by Crippen LogP contribution is 2.27. The largest absolute Gasteiger partial charge is 0.400 e. The second-order valence-electron chi connectivity index (χ2n) is 8.89. The minimum absolute atomic E-state index is 0.0502. The van der Waals surface area contributed by atoms with Crippen LogP contribution in [0.2, 0.25) is 0 Å². The van der Waals surface area contributed by atoms with Gasteiger partial charge < -0.3 is 25.0 Å². The monoisotopic (exact) mass is 520 g/mol. The Morgan fingerprint density at radius 2 is 1.84 bits per heavy atom. The number of carbonyl (C=O) groups is 1. The molecule has 0 saturated carbocycles. The first-order chi connectivity index (χ1) is 18.5. The molecule has 3 aromatic heterocycles. The van der Waals surface area contributed by atoms with E-state index in [2.05, 4.69) is 19.8 Å². The van der Waals surface area contributed by atoms with Gasteiger partial charge in [-0.1, -0.05) is 44.2 Å². The van der Waals surface area contributed by atoms with Crippen molar-refractivity contribution < 1.29 is 15.0 Å². The number of anilines is 1. The molecule has 1 aromatic carbocycles.